The number of anilines is 1. The van der Waals surface area contributed by atoms with E-state index < -0.39 is 0 Å². The zero-order valence-electron chi connectivity index (χ0n) is 25.3. The number of rotatable bonds is 11. The van der Waals surface area contributed by atoms with Crippen molar-refractivity contribution in [3.8, 4) is 0 Å². The number of morpholine rings is 1. The molecule has 2 aliphatic rings. The number of nitrogens with zero attached hydrogens (tertiary/aromatic N) is 5. The van der Waals surface area contributed by atoms with Crippen molar-refractivity contribution in [2.75, 3.05) is 63.9 Å². The lowest BCUT2D eigenvalue weighted by Crippen LogP contribution is -2.50. The molecule has 2 saturated heterocycles. The van der Waals surface area contributed by atoms with Gasteiger partial charge in [-0.25, -0.2) is 9.98 Å². The van der Waals surface area contributed by atoms with Crippen LogP contribution in [0.5, 0.6) is 0 Å². The van der Waals surface area contributed by atoms with Crippen molar-refractivity contribution in [1.29, 1.82) is 0 Å². The van der Waals surface area contributed by atoms with E-state index in [0.717, 1.165) is 61.6 Å². The molecule has 2 aromatic rings. The Bertz CT molecular complexity index is 1240. The Hall–Kier alpha value is -3.27. The summed E-state index contributed by atoms with van der Waals surface area (Å²) in [6.07, 6.45) is 3.83. The second-order valence-corrected chi connectivity index (χ2v) is 11.1. The summed E-state index contributed by atoms with van der Waals surface area (Å²) >= 11 is 0. The second kappa shape index (κ2) is 14.6. The highest BCUT2D eigenvalue weighted by atomic mass is 16.5. The van der Waals surface area contributed by atoms with Crippen molar-refractivity contribution >= 4 is 28.8 Å². The molecule has 1 aromatic carbocycles. The van der Waals surface area contributed by atoms with Crippen molar-refractivity contribution in [3.63, 3.8) is 0 Å². The molecule has 222 valence electrons. The van der Waals surface area contributed by atoms with Gasteiger partial charge in [0.2, 0.25) is 5.88 Å². The van der Waals surface area contributed by atoms with Crippen LogP contribution in [0, 0.1) is 0 Å². The topological polar surface area (TPSA) is 82.5 Å². The summed E-state index contributed by atoms with van der Waals surface area (Å²) in [6.45, 7) is 21.5. The van der Waals surface area contributed by atoms with Crippen LogP contribution in [0.3, 0.4) is 0 Å². The van der Waals surface area contributed by atoms with Gasteiger partial charge in [0.25, 0.3) is 5.91 Å². The van der Waals surface area contributed by atoms with Crippen LogP contribution in [-0.4, -0.2) is 104 Å². The van der Waals surface area contributed by atoms with Gasteiger partial charge in [-0.05, 0) is 71.0 Å². The first-order valence-corrected chi connectivity index (χ1v) is 14.8. The van der Waals surface area contributed by atoms with Gasteiger partial charge in [0.05, 0.1) is 30.9 Å². The first-order valence-electron chi connectivity index (χ1n) is 14.8. The zero-order chi connectivity index (χ0) is 29.4. The van der Waals surface area contributed by atoms with Crippen LogP contribution in [0.15, 0.2) is 59.4 Å². The van der Waals surface area contributed by atoms with Gasteiger partial charge in [-0.1, -0.05) is 12.1 Å². The number of allylic oxidation sites excluding steroid dienone is 1. The van der Waals surface area contributed by atoms with Crippen LogP contribution < -0.4 is 10.2 Å². The minimum Gasteiger partial charge on any atom is -0.475 e. The van der Waals surface area contributed by atoms with E-state index in [2.05, 4.69) is 45.4 Å². The number of nitrogens with one attached hydrogen (secondary N) is 1. The Labute approximate surface area is 244 Å². The third-order valence-electron chi connectivity index (χ3n) is 7.72. The summed E-state index contributed by atoms with van der Waals surface area (Å²) in [5.74, 6) is 1.22. The Morgan fingerprint density at radius 3 is 2.46 bits per heavy atom. The minimum atomic E-state index is -0.117. The summed E-state index contributed by atoms with van der Waals surface area (Å²) in [5, 5.41) is 4.05. The molecule has 41 heavy (non-hydrogen) atoms. The zero-order valence-corrected chi connectivity index (χ0v) is 25.3. The van der Waals surface area contributed by atoms with E-state index in [0.29, 0.717) is 37.2 Å². The highest BCUT2D eigenvalue weighted by Crippen LogP contribution is 2.23. The van der Waals surface area contributed by atoms with E-state index in [1.807, 2.05) is 57.2 Å². The third kappa shape index (κ3) is 8.15. The van der Waals surface area contributed by atoms with Gasteiger partial charge in [0.15, 0.2) is 0 Å². The lowest BCUT2D eigenvalue weighted by Gasteiger charge is -2.37. The predicted molar refractivity (Wildman–Crippen MR) is 167 cm³/mol. The van der Waals surface area contributed by atoms with E-state index in [4.69, 9.17) is 14.5 Å². The molecule has 1 atom stereocenters. The van der Waals surface area contributed by atoms with Crippen molar-refractivity contribution in [1.82, 2.24) is 20.1 Å². The number of aliphatic imine (C=N–C) groups is 1. The van der Waals surface area contributed by atoms with Crippen molar-refractivity contribution in [2.45, 2.75) is 52.8 Å². The fourth-order valence-electron chi connectivity index (χ4n) is 5.42. The Morgan fingerprint density at radius 1 is 1.07 bits per heavy atom. The maximum Gasteiger partial charge on any atom is 0.252 e. The molecular formula is C32H46N6O3. The van der Waals surface area contributed by atoms with E-state index in [1.165, 1.54) is 0 Å². The first kappa shape index (κ1) is 30.7. The van der Waals surface area contributed by atoms with Crippen molar-refractivity contribution in [2.24, 2.45) is 4.99 Å². The van der Waals surface area contributed by atoms with Gasteiger partial charge in [0, 0.05) is 69.0 Å². The monoisotopic (exact) mass is 562 g/mol. The van der Waals surface area contributed by atoms with Crippen LogP contribution in [0.4, 0.5) is 5.82 Å². The maximum atomic E-state index is 13.5. The molecular weight excluding hydrogens is 516 g/mol. The molecule has 4 rings (SSSR count). The smallest absolute Gasteiger partial charge is 0.252 e. The Kier molecular flexibility index (Phi) is 10.9. The average Bonchev–Trinajstić information content (AvgIpc) is 2.98. The van der Waals surface area contributed by atoms with Gasteiger partial charge in [-0.15, -0.1) is 0 Å². The fourth-order valence-corrected chi connectivity index (χ4v) is 5.42. The second-order valence-electron chi connectivity index (χ2n) is 11.1. The molecule has 3 heterocycles. The number of carbonyl (C=O) groups is 1. The van der Waals surface area contributed by atoms with Gasteiger partial charge in [0.1, 0.15) is 5.82 Å². The van der Waals surface area contributed by atoms with E-state index >= 15 is 0 Å². The number of piperazine rings is 1. The number of aromatic nitrogens is 1. The number of hydrogen-bond acceptors (Lipinski definition) is 8. The molecule has 0 bridgehead atoms. The molecule has 1 amide bonds. The highest BCUT2D eigenvalue weighted by Gasteiger charge is 2.25. The van der Waals surface area contributed by atoms with Crippen LogP contribution in [0.25, 0.3) is 10.9 Å². The number of ether oxygens (including phenoxy) is 2. The average molecular weight is 563 g/mol. The standard InChI is InChI=1S/C32H46N6O3/c1-7-26(21-33-25(6)41-24(4)5)30(37-17-19-40-20-18-37)22-34-32(39)28-9-8-10-29-27(28)11-12-31(35-29)38-15-13-36(14-16-38)23(2)3/h7-12,21,23-24,30H,6,13-20,22H2,1-5H3,(H,34,39)/b26-7+,33-21-. The number of hydrogen-bond donors (Lipinski definition) is 1. The quantitative estimate of drug-likeness (QED) is 0.326. The summed E-state index contributed by atoms with van der Waals surface area (Å²) in [4.78, 5) is 30.1. The number of pyridine rings is 1. The van der Waals surface area contributed by atoms with E-state index in [1.54, 1.807) is 6.21 Å². The Morgan fingerprint density at radius 2 is 1.80 bits per heavy atom. The molecule has 1 unspecified atom stereocenters. The third-order valence-corrected chi connectivity index (χ3v) is 7.72. The lowest BCUT2D eigenvalue weighted by molar-refractivity contribution is 0.0247. The molecule has 0 radical (unpaired) electrons. The maximum absolute atomic E-state index is 13.5. The first-order chi connectivity index (χ1) is 19.8. The van der Waals surface area contributed by atoms with Gasteiger partial charge in [-0.2, -0.15) is 0 Å². The molecule has 1 aromatic heterocycles. The number of fused-ring (bicyclic) bond motifs is 1. The van der Waals surface area contributed by atoms with Crippen molar-refractivity contribution < 1.29 is 14.3 Å². The normalized spacial score (nSPS) is 18.4. The molecule has 0 saturated carbocycles. The fraction of sp³-hybridized carbons (Fsp3) is 0.531. The van der Waals surface area contributed by atoms with Crippen LogP contribution in [0.2, 0.25) is 0 Å². The summed E-state index contributed by atoms with van der Waals surface area (Å²) < 4.78 is 11.2. The Balaban J connectivity index is 1.48. The molecule has 2 fully saturated rings. The highest BCUT2D eigenvalue weighted by molar-refractivity contribution is 6.06. The molecule has 9 nitrogen and oxygen atoms in total. The number of benzene rings is 1. The number of amides is 1. The van der Waals surface area contributed by atoms with Gasteiger partial charge < -0.3 is 19.7 Å². The SMILES string of the molecule is C=C(/N=C\C(=C/C)C(CNC(=O)c1cccc2nc(N3CCN(C(C)C)CC3)ccc12)N1CCOCC1)OC(C)C. The molecule has 2 aliphatic heterocycles. The van der Waals surface area contributed by atoms with E-state index in [-0.39, 0.29) is 18.1 Å². The largest absolute Gasteiger partial charge is 0.475 e. The van der Waals surface area contributed by atoms with Gasteiger partial charge in [-0.3, -0.25) is 14.6 Å². The van der Waals surface area contributed by atoms with Crippen LogP contribution in [-0.2, 0) is 9.47 Å². The molecule has 9 heteroatoms. The summed E-state index contributed by atoms with van der Waals surface area (Å²) in [5.41, 5.74) is 2.44. The van der Waals surface area contributed by atoms with Crippen molar-refractivity contribution in [3.05, 3.63) is 60.0 Å². The molecule has 0 spiro atoms. The van der Waals surface area contributed by atoms with Crippen LogP contribution >= 0.6 is 0 Å². The predicted octanol–water partition coefficient (Wildman–Crippen LogP) is 4.11. The number of carbonyl (C=O) groups excluding carboxylic acids is 1. The summed E-state index contributed by atoms with van der Waals surface area (Å²) in [7, 11) is 0. The lowest BCUT2D eigenvalue weighted by atomic mass is 10.0. The summed E-state index contributed by atoms with van der Waals surface area (Å²) in [6, 6.07) is 10.3. The van der Waals surface area contributed by atoms with Crippen LogP contribution in [0.1, 0.15) is 45.0 Å². The minimum absolute atomic E-state index is 0.00407. The molecule has 1 N–H and O–H groups in total. The van der Waals surface area contributed by atoms with E-state index in [9.17, 15) is 4.79 Å². The molecule has 0 aliphatic carbocycles. The van der Waals surface area contributed by atoms with Gasteiger partial charge >= 0.3 is 0 Å².